The van der Waals surface area contributed by atoms with Crippen LogP contribution < -0.4 is 11.1 Å². The lowest BCUT2D eigenvalue weighted by Crippen LogP contribution is -2.58. The highest BCUT2D eigenvalue weighted by atomic mass is 32.2. The molecule has 1 saturated heterocycles. The van der Waals surface area contributed by atoms with Crippen LogP contribution in [0.25, 0.3) is 0 Å². The molecule has 1 fully saturated rings. The molecule has 15 heavy (non-hydrogen) atoms. The SMILES string of the molecule is CCNCCS(=O)(=O)N1CCC1C(N)=O. The molecule has 1 heterocycles. The van der Waals surface area contributed by atoms with Gasteiger partial charge in [-0.05, 0) is 13.0 Å². The summed E-state index contributed by atoms with van der Waals surface area (Å²) >= 11 is 0. The Morgan fingerprint density at radius 1 is 1.60 bits per heavy atom. The van der Waals surface area contributed by atoms with Gasteiger partial charge in [-0.3, -0.25) is 4.79 Å². The fourth-order valence-corrected chi connectivity index (χ4v) is 3.09. The molecule has 6 nitrogen and oxygen atoms in total. The highest BCUT2D eigenvalue weighted by Gasteiger charge is 2.40. The minimum absolute atomic E-state index is 0.0185. The minimum Gasteiger partial charge on any atom is -0.368 e. The molecule has 1 atom stereocenters. The number of hydrogen-bond acceptors (Lipinski definition) is 4. The molecule has 1 unspecified atom stereocenters. The van der Waals surface area contributed by atoms with E-state index in [0.717, 1.165) is 6.54 Å². The third-order valence-electron chi connectivity index (χ3n) is 2.44. The second-order valence-corrected chi connectivity index (χ2v) is 5.53. The minimum atomic E-state index is -3.32. The van der Waals surface area contributed by atoms with Crippen LogP contribution in [0.3, 0.4) is 0 Å². The molecule has 1 amide bonds. The zero-order valence-corrected chi connectivity index (χ0v) is 9.59. The summed E-state index contributed by atoms with van der Waals surface area (Å²) in [6.07, 6.45) is 0.537. The quantitative estimate of drug-likeness (QED) is 0.547. The van der Waals surface area contributed by atoms with Gasteiger partial charge in [0.05, 0.1) is 5.75 Å². The zero-order valence-electron chi connectivity index (χ0n) is 8.77. The molecular weight excluding hydrogens is 218 g/mol. The second-order valence-electron chi connectivity index (χ2n) is 3.49. The number of nitrogens with two attached hydrogens (primary N) is 1. The summed E-state index contributed by atoms with van der Waals surface area (Å²) in [6, 6.07) is -0.628. The monoisotopic (exact) mass is 235 g/mol. The van der Waals surface area contributed by atoms with Gasteiger partial charge in [0.1, 0.15) is 6.04 Å². The Kier molecular flexibility index (Phi) is 4.06. The Bertz CT molecular complexity index is 328. The average molecular weight is 235 g/mol. The van der Waals surface area contributed by atoms with E-state index in [2.05, 4.69) is 5.32 Å². The van der Waals surface area contributed by atoms with Gasteiger partial charge in [-0.25, -0.2) is 8.42 Å². The molecule has 88 valence electrons. The van der Waals surface area contributed by atoms with Gasteiger partial charge in [0.2, 0.25) is 15.9 Å². The summed E-state index contributed by atoms with van der Waals surface area (Å²) in [6.45, 7) is 3.44. The van der Waals surface area contributed by atoms with Crippen LogP contribution in [-0.4, -0.2) is 50.1 Å². The predicted octanol–water partition coefficient (Wildman–Crippen LogP) is -1.51. The van der Waals surface area contributed by atoms with E-state index in [0.29, 0.717) is 19.5 Å². The molecule has 0 aromatic heterocycles. The maximum Gasteiger partial charge on any atom is 0.235 e. The molecule has 0 aromatic carbocycles. The average Bonchev–Trinajstić information content (AvgIpc) is 1.99. The van der Waals surface area contributed by atoms with Crippen LogP contribution >= 0.6 is 0 Å². The van der Waals surface area contributed by atoms with Crippen molar-refractivity contribution in [2.75, 3.05) is 25.4 Å². The van der Waals surface area contributed by atoms with Crippen LogP contribution in [0.4, 0.5) is 0 Å². The summed E-state index contributed by atoms with van der Waals surface area (Å²) in [5.74, 6) is -0.543. The molecule has 1 aliphatic rings. The number of rotatable bonds is 6. The number of nitrogens with one attached hydrogen (secondary N) is 1. The molecular formula is C8H17N3O3S. The number of primary amides is 1. The number of carbonyl (C=O) groups excluding carboxylic acids is 1. The van der Waals surface area contributed by atoms with Gasteiger partial charge < -0.3 is 11.1 Å². The van der Waals surface area contributed by atoms with Crippen molar-refractivity contribution in [2.45, 2.75) is 19.4 Å². The van der Waals surface area contributed by atoms with Crippen LogP contribution in [0.1, 0.15) is 13.3 Å². The molecule has 0 aliphatic carbocycles. The first-order valence-corrected chi connectivity index (χ1v) is 6.59. The lowest BCUT2D eigenvalue weighted by Gasteiger charge is -2.37. The molecule has 0 saturated carbocycles. The smallest absolute Gasteiger partial charge is 0.235 e. The number of sulfonamides is 1. The zero-order chi connectivity index (χ0) is 11.5. The van der Waals surface area contributed by atoms with Gasteiger partial charge in [-0.1, -0.05) is 6.92 Å². The number of carbonyl (C=O) groups is 1. The topological polar surface area (TPSA) is 92.5 Å². The highest BCUT2D eigenvalue weighted by Crippen LogP contribution is 2.21. The molecule has 0 bridgehead atoms. The van der Waals surface area contributed by atoms with E-state index >= 15 is 0 Å². The van der Waals surface area contributed by atoms with Crippen LogP contribution in [0.15, 0.2) is 0 Å². The molecule has 0 spiro atoms. The van der Waals surface area contributed by atoms with E-state index in [1.165, 1.54) is 4.31 Å². The van der Waals surface area contributed by atoms with Gasteiger partial charge in [-0.15, -0.1) is 0 Å². The van der Waals surface area contributed by atoms with Crippen molar-refractivity contribution in [1.29, 1.82) is 0 Å². The molecule has 0 radical (unpaired) electrons. The van der Waals surface area contributed by atoms with Crippen molar-refractivity contribution in [3.8, 4) is 0 Å². The largest absolute Gasteiger partial charge is 0.368 e. The normalized spacial score (nSPS) is 22.3. The first-order chi connectivity index (χ1) is 6.99. The standard InChI is InChI=1S/C8H17N3O3S/c1-2-10-4-6-15(13,14)11-5-3-7(11)8(9)12/h7,10H,2-6H2,1H3,(H2,9,12). The second kappa shape index (κ2) is 4.91. The Morgan fingerprint density at radius 2 is 2.27 bits per heavy atom. The first-order valence-electron chi connectivity index (χ1n) is 4.98. The molecule has 1 aliphatic heterocycles. The first kappa shape index (κ1) is 12.4. The summed E-state index contributed by atoms with van der Waals surface area (Å²) in [7, 11) is -3.32. The molecule has 7 heteroatoms. The predicted molar refractivity (Wildman–Crippen MR) is 56.6 cm³/mol. The molecule has 1 rings (SSSR count). The van der Waals surface area contributed by atoms with Crippen molar-refractivity contribution in [1.82, 2.24) is 9.62 Å². The van der Waals surface area contributed by atoms with E-state index < -0.39 is 22.0 Å². The van der Waals surface area contributed by atoms with Crippen molar-refractivity contribution in [3.05, 3.63) is 0 Å². The van der Waals surface area contributed by atoms with Crippen molar-refractivity contribution >= 4 is 15.9 Å². The lowest BCUT2D eigenvalue weighted by atomic mass is 10.1. The van der Waals surface area contributed by atoms with Crippen LogP contribution in [0.2, 0.25) is 0 Å². The maximum atomic E-state index is 11.7. The number of hydrogen-bond donors (Lipinski definition) is 2. The van der Waals surface area contributed by atoms with E-state index in [4.69, 9.17) is 5.73 Å². The third-order valence-corrected chi connectivity index (χ3v) is 4.31. The van der Waals surface area contributed by atoms with Gasteiger partial charge in [0, 0.05) is 13.1 Å². The highest BCUT2D eigenvalue weighted by molar-refractivity contribution is 7.89. The van der Waals surface area contributed by atoms with Crippen molar-refractivity contribution in [3.63, 3.8) is 0 Å². The van der Waals surface area contributed by atoms with E-state index in [-0.39, 0.29) is 5.75 Å². The van der Waals surface area contributed by atoms with Gasteiger partial charge in [0.15, 0.2) is 0 Å². The van der Waals surface area contributed by atoms with Gasteiger partial charge >= 0.3 is 0 Å². The third kappa shape index (κ3) is 2.90. The van der Waals surface area contributed by atoms with Crippen LogP contribution in [0.5, 0.6) is 0 Å². The lowest BCUT2D eigenvalue weighted by molar-refractivity contribution is -0.124. The van der Waals surface area contributed by atoms with Crippen LogP contribution in [-0.2, 0) is 14.8 Å². The Hall–Kier alpha value is -0.660. The van der Waals surface area contributed by atoms with Crippen molar-refractivity contribution in [2.24, 2.45) is 5.73 Å². The fourth-order valence-electron chi connectivity index (χ4n) is 1.48. The van der Waals surface area contributed by atoms with Crippen LogP contribution in [0, 0.1) is 0 Å². The summed E-state index contributed by atoms with van der Waals surface area (Å²) < 4.78 is 24.5. The molecule has 0 aromatic rings. The number of amides is 1. The number of nitrogens with zero attached hydrogens (tertiary/aromatic N) is 1. The Balaban J connectivity index is 2.51. The van der Waals surface area contributed by atoms with E-state index in [1.54, 1.807) is 0 Å². The van der Waals surface area contributed by atoms with Gasteiger partial charge in [0.25, 0.3) is 0 Å². The Labute approximate surface area is 89.9 Å². The van der Waals surface area contributed by atoms with E-state index in [1.807, 2.05) is 6.92 Å². The van der Waals surface area contributed by atoms with Gasteiger partial charge in [-0.2, -0.15) is 4.31 Å². The molecule has 3 N–H and O–H groups in total. The summed E-state index contributed by atoms with van der Waals surface area (Å²) in [5, 5.41) is 2.93. The summed E-state index contributed by atoms with van der Waals surface area (Å²) in [5.41, 5.74) is 5.08. The Morgan fingerprint density at radius 3 is 2.67 bits per heavy atom. The fraction of sp³-hybridized carbons (Fsp3) is 0.875. The van der Waals surface area contributed by atoms with E-state index in [9.17, 15) is 13.2 Å². The maximum absolute atomic E-state index is 11.7. The van der Waals surface area contributed by atoms with Crippen molar-refractivity contribution < 1.29 is 13.2 Å². The summed E-state index contributed by atoms with van der Waals surface area (Å²) in [4.78, 5) is 10.9.